The van der Waals surface area contributed by atoms with E-state index >= 15 is 0 Å². The molecule has 1 aliphatic heterocycles. The quantitative estimate of drug-likeness (QED) is 0.857. The zero-order valence-corrected chi connectivity index (χ0v) is 15.9. The molecule has 1 saturated heterocycles. The highest BCUT2D eigenvalue weighted by atomic mass is 35.5. The zero-order valence-electron chi connectivity index (χ0n) is 14.3. The molecule has 3 rings (SSSR count). The standard InChI is InChI=1S/C19H20ClFN2O2.ClH/c1-23(19(24)17-12-22-10-11-25-17)18(13-2-6-15(20)7-3-13)14-4-8-16(21)9-5-14;/h2-9,17-18,22H,10-12H2,1H3;1H. The van der Waals surface area contributed by atoms with Crippen LogP contribution in [0.2, 0.25) is 5.02 Å². The van der Waals surface area contributed by atoms with Crippen molar-refractivity contribution in [3.8, 4) is 0 Å². The van der Waals surface area contributed by atoms with Crippen LogP contribution in [0.15, 0.2) is 48.5 Å². The number of carbonyl (C=O) groups is 1. The first-order valence-corrected chi connectivity index (χ1v) is 8.54. The van der Waals surface area contributed by atoms with Gasteiger partial charge in [0.05, 0.1) is 12.6 Å². The topological polar surface area (TPSA) is 41.6 Å². The molecule has 1 aliphatic rings. The Morgan fingerprint density at radius 3 is 2.31 bits per heavy atom. The molecule has 2 aromatic carbocycles. The van der Waals surface area contributed by atoms with Gasteiger partial charge in [0.25, 0.3) is 5.91 Å². The Labute approximate surface area is 163 Å². The molecule has 0 saturated carbocycles. The summed E-state index contributed by atoms with van der Waals surface area (Å²) < 4.78 is 18.9. The van der Waals surface area contributed by atoms with E-state index < -0.39 is 6.10 Å². The van der Waals surface area contributed by atoms with Gasteiger partial charge in [-0.05, 0) is 35.4 Å². The second-order valence-corrected chi connectivity index (χ2v) is 6.45. The number of carbonyl (C=O) groups excluding carboxylic acids is 1. The summed E-state index contributed by atoms with van der Waals surface area (Å²) in [6.45, 7) is 1.73. The lowest BCUT2D eigenvalue weighted by Gasteiger charge is -2.33. The molecule has 7 heteroatoms. The highest BCUT2D eigenvalue weighted by molar-refractivity contribution is 6.30. The molecular weight excluding hydrogens is 378 g/mol. The lowest BCUT2D eigenvalue weighted by molar-refractivity contribution is -0.145. The number of benzene rings is 2. The first kappa shape index (κ1) is 20.6. The molecule has 4 nitrogen and oxygen atoms in total. The van der Waals surface area contributed by atoms with E-state index in [1.54, 1.807) is 36.2 Å². The average Bonchev–Trinajstić information content (AvgIpc) is 2.65. The predicted octanol–water partition coefficient (Wildman–Crippen LogP) is 3.44. The fraction of sp³-hybridized carbons (Fsp3) is 0.316. The number of halogens is 3. The maximum Gasteiger partial charge on any atom is 0.253 e. The number of amides is 1. The van der Waals surface area contributed by atoms with Gasteiger partial charge in [-0.3, -0.25) is 4.79 Å². The number of nitrogens with zero attached hydrogens (tertiary/aromatic N) is 1. The summed E-state index contributed by atoms with van der Waals surface area (Å²) in [5.41, 5.74) is 1.72. The van der Waals surface area contributed by atoms with Crippen LogP contribution < -0.4 is 5.32 Å². The molecule has 1 heterocycles. The normalized spacial score (nSPS) is 17.9. The lowest BCUT2D eigenvalue weighted by atomic mass is 9.97. The number of morpholine rings is 1. The summed E-state index contributed by atoms with van der Waals surface area (Å²) >= 11 is 5.99. The summed E-state index contributed by atoms with van der Waals surface area (Å²) in [5.74, 6) is -0.427. The molecule has 0 radical (unpaired) electrons. The van der Waals surface area contributed by atoms with Crippen LogP contribution in [0.5, 0.6) is 0 Å². The molecule has 0 aliphatic carbocycles. The molecule has 1 amide bonds. The van der Waals surface area contributed by atoms with Crippen LogP contribution in [0.4, 0.5) is 4.39 Å². The second-order valence-electron chi connectivity index (χ2n) is 6.02. The Morgan fingerprint density at radius 2 is 1.77 bits per heavy atom. The van der Waals surface area contributed by atoms with E-state index in [0.29, 0.717) is 18.2 Å². The van der Waals surface area contributed by atoms with E-state index in [2.05, 4.69) is 5.32 Å². The smallest absolute Gasteiger partial charge is 0.253 e. The lowest BCUT2D eigenvalue weighted by Crippen LogP contribution is -2.49. The number of rotatable bonds is 4. The third kappa shape index (κ3) is 4.74. The van der Waals surface area contributed by atoms with E-state index in [4.69, 9.17) is 16.3 Å². The molecular formula is C19H21Cl2FN2O2. The van der Waals surface area contributed by atoms with E-state index in [0.717, 1.165) is 17.7 Å². The number of likely N-dealkylation sites (N-methyl/N-ethyl adjacent to an activating group) is 1. The van der Waals surface area contributed by atoms with Crippen molar-refractivity contribution in [2.24, 2.45) is 0 Å². The molecule has 0 aromatic heterocycles. The van der Waals surface area contributed by atoms with Crippen molar-refractivity contribution in [2.45, 2.75) is 12.1 Å². The minimum Gasteiger partial charge on any atom is -0.366 e. The zero-order chi connectivity index (χ0) is 17.8. The van der Waals surface area contributed by atoms with Crippen molar-refractivity contribution < 1.29 is 13.9 Å². The summed E-state index contributed by atoms with van der Waals surface area (Å²) in [6, 6.07) is 13.1. The minimum atomic E-state index is -0.519. The van der Waals surface area contributed by atoms with E-state index in [9.17, 15) is 9.18 Å². The summed E-state index contributed by atoms with van der Waals surface area (Å²) in [7, 11) is 1.74. The number of ether oxygens (including phenoxy) is 1. The predicted molar refractivity (Wildman–Crippen MR) is 102 cm³/mol. The third-order valence-corrected chi connectivity index (χ3v) is 4.56. The Morgan fingerprint density at radius 1 is 1.19 bits per heavy atom. The number of nitrogens with one attached hydrogen (secondary N) is 1. The Kier molecular flexibility index (Phi) is 7.41. The van der Waals surface area contributed by atoms with Crippen LogP contribution in [0.3, 0.4) is 0 Å². The monoisotopic (exact) mass is 398 g/mol. The van der Waals surface area contributed by atoms with Gasteiger partial charge in [0.15, 0.2) is 0 Å². The number of hydrogen-bond acceptors (Lipinski definition) is 3. The summed E-state index contributed by atoms with van der Waals surface area (Å²) in [5, 5.41) is 3.79. The van der Waals surface area contributed by atoms with Crippen molar-refractivity contribution in [2.75, 3.05) is 26.7 Å². The van der Waals surface area contributed by atoms with Crippen LogP contribution in [0.25, 0.3) is 0 Å². The molecule has 1 fully saturated rings. The van der Waals surface area contributed by atoms with Gasteiger partial charge in [0.2, 0.25) is 0 Å². The Balaban J connectivity index is 0.00000243. The minimum absolute atomic E-state index is 0. The van der Waals surface area contributed by atoms with Gasteiger partial charge in [-0.1, -0.05) is 35.9 Å². The maximum absolute atomic E-state index is 13.3. The summed E-state index contributed by atoms with van der Waals surface area (Å²) in [4.78, 5) is 14.5. The largest absolute Gasteiger partial charge is 0.366 e. The van der Waals surface area contributed by atoms with E-state index in [-0.39, 0.29) is 30.2 Å². The summed E-state index contributed by atoms with van der Waals surface area (Å²) in [6.07, 6.45) is -0.519. The van der Waals surface area contributed by atoms with Crippen molar-refractivity contribution >= 4 is 29.9 Å². The second kappa shape index (κ2) is 9.33. The van der Waals surface area contributed by atoms with E-state index in [1.807, 2.05) is 12.1 Å². The van der Waals surface area contributed by atoms with Crippen molar-refractivity contribution in [1.82, 2.24) is 10.2 Å². The highest BCUT2D eigenvalue weighted by Gasteiger charge is 2.30. The van der Waals surface area contributed by atoms with Crippen LogP contribution in [0, 0.1) is 5.82 Å². The first-order chi connectivity index (χ1) is 12.1. The molecule has 1 N–H and O–H groups in total. The maximum atomic E-state index is 13.3. The Hall–Kier alpha value is -1.66. The van der Waals surface area contributed by atoms with Crippen molar-refractivity contribution in [3.05, 3.63) is 70.5 Å². The van der Waals surface area contributed by atoms with Crippen molar-refractivity contribution in [1.29, 1.82) is 0 Å². The van der Waals surface area contributed by atoms with Gasteiger partial charge in [0.1, 0.15) is 11.9 Å². The van der Waals surface area contributed by atoms with Crippen LogP contribution in [-0.4, -0.2) is 43.7 Å². The van der Waals surface area contributed by atoms with Gasteiger partial charge in [-0.2, -0.15) is 0 Å². The first-order valence-electron chi connectivity index (χ1n) is 8.16. The number of hydrogen-bond donors (Lipinski definition) is 1. The van der Waals surface area contributed by atoms with Gasteiger partial charge in [0, 0.05) is 25.2 Å². The highest BCUT2D eigenvalue weighted by Crippen LogP contribution is 2.29. The van der Waals surface area contributed by atoms with Crippen LogP contribution in [0.1, 0.15) is 17.2 Å². The van der Waals surface area contributed by atoms with Gasteiger partial charge in [-0.15, -0.1) is 12.4 Å². The molecule has 140 valence electrons. The van der Waals surface area contributed by atoms with Gasteiger partial charge in [-0.25, -0.2) is 4.39 Å². The van der Waals surface area contributed by atoms with Crippen LogP contribution in [-0.2, 0) is 9.53 Å². The fourth-order valence-corrected chi connectivity index (χ4v) is 3.13. The Bertz CT molecular complexity index is 674. The van der Waals surface area contributed by atoms with Crippen LogP contribution >= 0.6 is 24.0 Å². The SMILES string of the molecule is CN(C(=O)C1CNCCO1)C(c1ccc(F)cc1)c1ccc(Cl)cc1.Cl. The molecule has 2 unspecified atom stereocenters. The average molecular weight is 399 g/mol. The van der Waals surface area contributed by atoms with Crippen molar-refractivity contribution in [3.63, 3.8) is 0 Å². The molecule has 2 atom stereocenters. The van der Waals surface area contributed by atoms with Gasteiger partial charge < -0.3 is 15.0 Å². The molecule has 2 aromatic rings. The third-order valence-electron chi connectivity index (χ3n) is 4.31. The van der Waals surface area contributed by atoms with E-state index in [1.165, 1.54) is 12.1 Å². The molecule has 0 spiro atoms. The fourth-order valence-electron chi connectivity index (χ4n) is 3.01. The van der Waals surface area contributed by atoms with Gasteiger partial charge >= 0.3 is 0 Å². The molecule has 26 heavy (non-hydrogen) atoms. The molecule has 0 bridgehead atoms.